The number of carbonyl (C=O) groups excluding carboxylic acids is 2. The van der Waals surface area contributed by atoms with Crippen molar-refractivity contribution >= 4 is 37.2 Å². The average molecular weight is 823 g/mol. The minimum atomic E-state index is -0.740. The molecule has 0 amide bonds. The fourth-order valence-corrected chi connectivity index (χ4v) is 8.30. The summed E-state index contributed by atoms with van der Waals surface area (Å²) >= 11 is 8.69. The van der Waals surface area contributed by atoms with E-state index in [1.54, 1.807) is 0 Å². The molecule has 0 aromatic heterocycles. The summed E-state index contributed by atoms with van der Waals surface area (Å²) in [5.74, 6) is 0.775. The second kappa shape index (κ2) is 18.6. The normalized spacial score (nSPS) is 14.5. The molecular formula is C51H50O6S2. The Morgan fingerprint density at radius 1 is 0.492 bits per heavy atom. The topological polar surface area (TPSA) is 71.1 Å². The van der Waals surface area contributed by atoms with Gasteiger partial charge in [0.15, 0.2) is 0 Å². The SMILES string of the molecule is CC(S)CC(=O)OC(C)COc1ccc(C2(c3ccc(OCC(C)OC(=O)CC(C)S)c(-c4ccccc4)c3)c3ccccc3-c3ccccc32)cc1-c1ccccc1. The zero-order valence-electron chi connectivity index (χ0n) is 33.8. The molecule has 4 atom stereocenters. The van der Waals surface area contributed by atoms with Gasteiger partial charge in [-0.3, -0.25) is 9.59 Å². The van der Waals surface area contributed by atoms with Crippen LogP contribution < -0.4 is 9.47 Å². The molecule has 0 aliphatic heterocycles. The summed E-state index contributed by atoms with van der Waals surface area (Å²) in [6.45, 7) is 7.80. The Kier molecular flexibility index (Phi) is 13.2. The molecule has 4 unspecified atom stereocenters. The third-order valence-electron chi connectivity index (χ3n) is 10.5. The van der Waals surface area contributed by atoms with E-state index in [1.807, 2.05) is 76.2 Å². The minimum absolute atomic E-state index is 0.0918. The Labute approximate surface area is 358 Å². The predicted octanol–water partition coefficient (Wildman–Crippen LogP) is 11.4. The van der Waals surface area contributed by atoms with E-state index in [0.29, 0.717) is 11.5 Å². The van der Waals surface area contributed by atoms with Crippen LogP contribution in [0.15, 0.2) is 146 Å². The Morgan fingerprint density at radius 2 is 0.864 bits per heavy atom. The van der Waals surface area contributed by atoms with Gasteiger partial charge < -0.3 is 18.9 Å². The number of ether oxygens (including phenoxy) is 4. The number of hydrogen-bond acceptors (Lipinski definition) is 8. The van der Waals surface area contributed by atoms with Gasteiger partial charge in [0.2, 0.25) is 0 Å². The van der Waals surface area contributed by atoms with Gasteiger partial charge >= 0.3 is 11.9 Å². The third kappa shape index (κ3) is 9.24. The predicted molar refractivity (Wildman–Crippen MR) is 243 cm³/mol. The van der Waals surface area contributed by atoms with E-state index in [1.165, 1.54) is 22.3 Å². The first kappa shape index (κ1) is 41.7. The molecular weight excluding hydrogens is 773 g/mol. The highest BCUT2D eigenvalue weighted by molar-refractivity contribution is 7.81. The van der Waals surface area contributed by atoms with E-state index in [0.717, 1.165) is 33.4 Å². The van der Waals surface area contributed by atoms with Crippen LogP contribution in [0, 0.1) is 0 Å². The Bertz CT molecular complexity index is 2230. The van der Waals surface area contributed by atoms with Crippen molar-refractivity contribution in [2.45, 2.75) is 68.7 Å². The maximum absolute atomic E-state index is 12.4. The van der Waals surface area contributed by atoms with E-state index < -0.39 is 17.6 Å². The Morgan fingerprint density at radius 3 is 1.25 bits per heavy atom. The van der Waals surface area contributed by atoms with Crippen LogP contribution in [0.5, 0.6) is 11.5 Å². The first-order valence-electron chi connectivity index (χ1n) is 20.1. The fourth-order valence-electron chi connectivity index (χ4n) is 8.00. The number of rotatable bonds is 16. The minimum Gasteiger partial charge on any atom is -0.489 e. The number of fused-ring (bicyclic) bond motifs is 3. The largest absolute Gasteiger partial charge is 0.489 e. The maximum atomic E-state index is 12.4. The fraction of sp³-hybridized carbons (Fsp3) is 0.255. The van der Waals surface area contributed by atoms with E-state index in [4.69, 9.17) is 18.9 Å². The molecule has 302 valence electrons. The van der Waals surface area contributed by atoms with E-state index >= 15 is 0 Å². The van der Waals surface area contributed by atoms with Crippen LogP contribution in [0.2, 0.25) is 0 Å². The third-order valence-corrected chi connectivity index (χ3v) is 10.8. The van der Waals surface area contributed by atoms with Gasteiger partial charge in [-0.25, -0.2) is 0 Å². The van der Waals surface area contributed by atoms with Gasteiger partial charge in [0.25, 0.3) is 0 Å². The highest BCUT2D eigenvalue weighted by Gasteiger charge is 2.46. The zero-order chi connectivity index (χ0) is 41.5. The van der Waals surface area contributed by atoms with Crippen molar-refractivity contribution < 1.29 is 28.5 Å². The van der Waals surface area contributed by atoms with Gasteiger partial charge in [-0.1, -0.05) is 135 Å². The molecule has 6 aromatic rings. The number of esters is 2. The van der Waals surface area contributed by atoms with Gasteiger partial charge in [-0.15, -0.1) is 0 Å². The molecule has 0 saturated heterocycles. The van der Waals surface area contributed by atoms with Crippen molar-refractivity contribution in [2.75, 3.05) is 13.2 Å². The van der Waals surface area contributed by atoms with Gasteiger partial charge in [0.05, 0.1) is 18.3 Å². The van der Waals surface area contributed by atoms with Crippen LogP contribution in [-0.4, -0.2) is 47.9 Å². The summed E-state index contributed by atoms with van der Waals surface area (Å²) in [6.07, 6.45) is -0.457. The van der Waals surface area contributed by atoms with Crippen LogP contribution in [0.1, 0.15) is 62.8 Å². The molecule has 59 heavy (non-hydrogen) atoms. The highest BCUT2D eigenvalue weighted by atomic mass is 32.1. The molecule has 0 saturated carbocycles. The Balaban J connectivity index is 1.37. The first-order chi connectivity index (χ1) is 28.5. The highest BCUT2D eigenvalue weighted by Crippen LogP contribution is 2.57. The summed E-state index contributed by atoms with van der Waals surface area (Å²) in [7, 11) is 0. The molecule has 6 aromatic carbocycles. The van der Waals surface area contributed by atoms with E-state index in [2.05, 4.69) is 122 Å². The average Bonchev–Trinajstić information content (AvgIpc) is 3.53. The number of thiol groups is 2. The quantitative estimate of drug-likeness (QED) is 0.0747. The maximum Gasteiger partial charge on any atom is 0.307 e. The second-order valence-electron chi connectivity index (χ2n) is 15.3. The van der Waals surface area contributed by atoms with Crippen LogP contribution in [0.25, 0.3) is 33.4 Å². The van der Waals surface area contributed by atoms with Crippen LogP contribution in [0.3, 0.4) is 0 Å². The molecule has 0 fully saturated rings. The number of carbonyl (C=O) groups is 2. The van der Waals surface area contributed by atoms with Gasteiger partial charge in [0, 0.05) is 21.6 Å². The molecule has 1 aliphatic carbocycles. The first-order valence-corrected chi connectivity index (χ1v) is 21.2. The summed E-state index contributed by atoms with van der Waals surface area (Å²) in [5.41, 5.74) is 9.91. The molecule has 0 radical (unpaired) electrons. The molecule has 0 heterocycles. The lowest BCUT2D eigenvalue weighted by molar-refractivity contribution is -0.150. The summed E-state index contributed by atoms with van der Waals surface area (Å²) in [4.78, 5) is 24.9. The molecule has 0 spiro atoms. The smallest absolute Gasteiger partial charge is 0.307 e. The van der Waals surface area contributed by atoms with Crippen LogP contribution in [0.4, 0.5) is 0 Å². The molecule has 8 heteroatoms. The lowest BCUT2D eigenvalue weighted by atomic mass is 9.67. The lowest BCUT2D eigenvalue weighted by Crippen LogP contribution is -2.29. The standard InChI is InChI=1S/C51H50O6S2/c1-33(56-49(52)27-35(3)58)31-54-47-25-23-39(29-43(47)37-15-7-5-8-16-37)51(45-21-13-11-19-41(45)42-20-12-14-22-46(42)51)40-24-26-48(44(30-40)38-17-9-6-10-18-38)55-32-34(2)57-50(53)28-36(4)59/h5-26,29-30,33-36,58-59H,27-28,31-32H2,1-4H3. The molecule has 7 rings (SSSR count). The molecule has 0 bridgehead atoms. The van der Waals surface area contributed by atoms with Crippen molar-refractivity contribution in [1.29, 1.82) is 0 Å². The molecule has 6 nitrogen and oxygen atoms in total. The van der Waals surface area contributed by atoms with Crippen molar-refractivity contribution in [3.05, 3.63) is 168 Å². The second-order valence-corrected chi connectivity index (χ2v) is 17.1. The van der Waals surface area contributed by atoms with E-state index in [9.17, 15) is 9.59 Å². The van der Waals surface area contributed by atoms with Crippen LogP contribution >= 0.6 is 25.3 Å². The number of hydrogen-bond donors (Lipinski definition) is 2. The van der Waals surface area contributed by atoms with Crippen LogP contribution in [-0.2, 0) is 24.5 Å². The summed E-state index contributed by atoms with van der Waals surface area (Å²) < 4.78 is 24.3. The Hall–Kier alpha value is -5.44. The zero-order valence-corrected chi connectivity index (χ0v) is 35.6. The summed E-state index contributed by atoms with van der Waals surface area (Å²) in [6, 6.07) is 50.7. The lowest BCUT2D eigenvalue weighted by Gasteiger charge is -2.35. The number of benzene rings is 6. The van der Waals surface area contributed by atoms with Crippen molar-refractivity contribution in [3.63, 3.8) is 0 Å². The van der Waals surface area contributed by atoms with Gasteiger partial charge in [0.1, 0.15) is 36.9 Å². The van der Waals surface area contributed by atoms with Crippen molar-refractivity contribution in [1.82, 2.24) is 0 Å². The molecule has 0 N–H and O–H groups in total. The van der Waals surface area contributed by atoms with E-state index in [-0.39, 0.29) is 48.5 Å². The van der Waals surface area contributed by atoms with Crippen molar-refractivity contribution in [3.8, 4) is 44.9 Å². The van der Waals surface area contributed by atoms with Gasteiger partial charge in [-0.05, 0) is 82.6 Å². The summed E-state index contributed by atoms with van der Waals surface area (Å²) in [5, 5.41) is -0.184. The monoisotopic (exact) mass is 822 g/mol. The van der Waals surface area contributed by atoms with Crippen molar-refractivity contribution in [2.24, 2.45) is 0 Å². The van der Waals surface area contributed by atoms with Gasteiger partial charge in [-0.2, -0.15) is 25.3 Å². The molecule has 1 aliphatic rings.